The van der Waals surface area contributed by atoms with E-state index in [0.717, 1.165) is 10.1 Å². The molecule has 2 amide bonds. The minimum Gasteiger partial charge on any atom is -0.481 e. The highest BCUT2D eigenvalue weighted by Crippen LogP contribution is 2.34. The number of rotatable bonds is 4. The number of thiophene rings is 1. The van der Waals surface area contributed by atoms with Gasteiger partial charge in [-0.3, -0.25) is 20.4 Å². The van der Waals surface area contributed by atoms with E-state index < -0.39 is 23.7 Å². The van der Waals surface area contributed by atoms with Gasteiger partial charge in [0.05, 0.1) is 5.02 Å². The normalized spacial score (nSPS) is 11.8. The summed E-state index contributed by atoms with van der Waals surface area (Å²) in [6.07, 6.45) is -0.890. The lowest BCUT2D eigenvalue weighted by Gasteiger charge is -2.15. The molecule has 0 aliphatic heterocycles. The van der Waals surface area contributed by atoms with Gasteiger partial charge in [-0.05, 0) is 37.3 Å². The highest BCUT2D eigenvalue weighted by atomic mass is 35.5. The molecule has 0 radical (unpaired) electrons. The van der Waals surface area contributed by atoms with E-state index in [1.165, 1.54) is 42.5 Å². The lowest BCUT2D eigenvalue weighted by atomic mass is 10.2. The minimum atomic E-state index is -0.890. The van der Waals surface area contributed by atoms with Gasteiger partial charge in [-0.25, -0.2) is 4.39 Å². The van der Waals surface area contributed by atoms with Crippen molar-refractivity contribution in [1.82, 2.24) is 10.9 Å². The third-order valence-electron chi connectivity index (χ3n) is 3.54. The van der Waals surface area contributed by atoms with Gasteiger partial charge in [0.2, 0.25) is 0 Å². The number of carbonyl (C=O) groups excluding carboxylic acids is 2. The molecule has 134 valence electrons. The Kier molecular flexibility index (Phi) is 5.39. The zero-order valence-electron chi connectivity index (χ0n) is 13.6. The number of benzene rings is 2. The van der Waals surface area contributed by atoms with E-state index in [1.807, 2.05) is 24.3 Å². The molecule has 3 aromatic rings. The predicted octanol–water partition coefficient (Wildman–Crippen LogP) is 3.92. The fourth-order valence-corrected chi connectivity index (χ4v) is 3.62. The van der Waals surface area contributed by atoms with Crippen molar-refractivity contribution in [3.63, 3.8) is 0 Å². The molecule has 2 aromatic carbocycles. The molecular weight excluding hydrogens is 379 g/mol. The Labute approximate surface area is 157 Å². The van der Waals surface area contributed by atoms with Crippen molar-refractivity contribution >= 4 is 44.8 Å². The quantitative estimate of drug-likeness (QED) is 0.661. The van der Waals surface area contributed by atoms with Crippen LogP contribution in [0.1, 0.15) is 16.6 Å². The van der Waals surface area contributed by atoms with Crippen molar-refractivity contribution in [2.24, 2.45) is 0 Å². The molecular formula is C18H14ClFN2O3S. The SMILES string of the molecule is CC(Oc1ccc(F)cc1)C(=O)NNC(=O)c1sc2ccccc2c1Cl. The van der Waals surface area contributed by atoms with E-state index in [9.17, 15) is 14.0 Å². The summed E-state index contributed by atoms with van der Waals surface area (Å²) < 4.78 is 19.1. The molecule has 0 aliphatic carbocycles. The second-order valence-corrected chi connectivity index (χ2v) is 6.83. The highest BCUT2D eigenvalue weighted by molar-refractivity contribution is 7.21. The van der Waals surface area contributed by atoms with E-state index >= 15 is 0 Å². The minimum absolute atomic E-state index is 0.306. The Balaban J connectivity index is 1.60. The maximum atomic E-state index is 12.9. The Bertz CT molecular complexity index is 959. The van der Waals surface area contributed by atoms with E-state index in [0.29, 0.717) is 15.6 Å². The molecule has 1 atom stereocenters. The molecule has 0 saturated carbocycles. The van der Waals surface area contributed by atoms with E-state index in [1.54, 1.807) is 0 Å². The molecule has 0 spiro atoms. The van der Waals surface area contributed by atoms with Crippen molar-refractivity contribution in [3.8, 4) is 5.75 Å². The zero-order chi connectivity index (χ0) is 18.7. The van der Waals surface area contributed by atoms with Crippen LogP contribution in [0.4, 0.5) is 4.39 Å². The number of amides is 2. The lowest BCUT2D eigenvalue weighted by molar-refractivity contribution is -0.128. The molecule has 1 aromatic heterocycles. The fraction of sp³-hybridized carbons (Fsp3) is 0.111. The third kappa shape index (κ3) is 3.95. The topological polar surface area (TPSA) is 67.4 Å². The summed E-state index contributed by atoms with van der Waals surface area (Å²) in [5.74, 6) is -1.13. The summed E-state index contributed by atoms with van der Waals surface area (Å²) in [4.78, 5) is 24.6. The summed E-state index contributed by atoms with van der Waals surface area (Å²) in [7, 11) is 0. The van der Waals surface area contributed by atoms with Crippen LogP contribution in [-0.2, 0) is 4.79 Å². The van der Waals surface area contributed by atoms with Gasteiger partial charge >= 0.3 is 0 Å². The first kappa shape index (κ1) is 18.2. The van der Waals surface area contributed by atoms with Gasteiger partial charge in [-0.1, -0.05) is 29.8 Å². The average Bonchev–Trinajstić information content (AvgIpc) is 2.98. The molecule has 1 heterocycles. The van der Waals surface area contributed by atoms with Crippen LogP contribution in [0.15, 0.2) is 48.5 Å². The van der Waals surface area contributed by atoms with Gasteiger partial charge in [0, 0.05) is 10.1 Å². The molecule has 3 rings (SSSR count). The van der Waals surface area contributed by atoms with Crippen molar-refractivity contribution in [1.29, 1.82) is 0 Å². The van der Waals surface area contributed by atoms with Crippen LogP contribution in [0.3, 0.4) is 0 Å². The summed E-state index contributed by atoms with van der Waals surface area (Å²) in [6, 6.07) is 12.6. The number of hydrogen-bond donors (Lipinski definition) is 2. The van der Waals surface area contributed by atoms with E-state index in [-0.39, 0.29) is 0 Å². The third-order valence-corrected chi connectivity index (χ3v) is 5.21. The van der Waals surface area contributed by atoms with Crippen LogP contribution < -0.4 is 15.6 Å². The Hall–Kier alpha value is -2.64. The summed E-state index contributed by atoms with van der Waals surface area (Å²) in [5, 5.41) is 1.12. The van der Waals surface area contributed by atoms with E-state index in [4.69, 9.17) is 16.3 Å². The Morgan fingerprint density at radius 1 is 1.12 bits per heavy atom. The second kappa shape index (κ2) is 7.72. The lowest BCUT2D eigenvalue weighted by Crippen LogP contribution is -2.47. The number of hydrazine groups is 1. The molecule has 5 nitrogen and oxygen atoms in total. The number of fused-ring (bicyclic) bond motifs is 1. The van der Waals surface area contributed by atoms with Gasteiger partial charge in [-0.15, -0.1) is 11.3 Å². The maximum absolute atomic E-state index is 12.9. The number of carbonyl (C=O) groups is 2. The second-order valence-electron chi connectivity index (χ2n) is 5.40. The van der Waals surface area contributed by atoms with Crippen molar-refractivity contribution < 1.29 is 18.7 Å². The van der Waals surface area contributed by atoms with Crippen LogP contribution in [0.5, 0.6) is 5.75 Å². The van der Waals surface area contributed by atoms with Crippen LogP contribution in [0, 0.1) is 5.82 Å². The van der Waals surface area contributed by atoms with Crippen molar-refractivity contribution in [2.75, 3.05) is 0 Å². The standard InChI is InChI=1S/C18H14ClFN2O3S/c1-10(25-12-8-6-11(20)7-9-12)17(23)21-22-18(24)16-15(19)13-4-2-3-5-14(13)26-16/h2-10H,1H3,(H,21,23)(H,22,24). The molecule has 0 bridgehead atoms. The first-order valence-corrected chi connectivity index (χ1v) is 8.84. The van der Waals surface area contributed by atoms with E-state index in [2.05, 4.69) is 10.9 Å². The summed E-state index contributed by atoms with van der Waals surface area (Å²) >= 11 is 7.47. The van der Waals surface area contributed by atoms with Gasteiger partial charge < -0.3 is 4.74 Å². The molecule has 1 unspecified atom stereocenters. The Morgan fingerprint density at radius 2 is 1.81 bits per heavy atom. The number of ether oxygens (including phenoxy) is 1. The van der Waals surface area contributed by atoms with Crippen LogP contribution in [0.2, 0.25) is 5.02 Å². The van der Waals surface area contributed by atoms with Gasteiger partial charge in [-0.2, -0.15) is 0 Å². The van der Waals surface area contributed by atoms with Gasteiger partial charge in [0.15, 0.2) is 6.10 Å². The largest absolute Gasteiger partial charge is 0.481 e. The predicted molar refractivity (Wildman–Crippen MR) is 98.9 cm³/mol. The Morgan fingerprint density at radius 3 is 2.50 bits per heavy atom. The average molecular weight is 393 g/mol. The van der Waals surface area contributed by atoms with Gasteiger partial charge in [0.25, 0.3) is 11.8 Å². The molecule has 26 heavy (non-hydrogen) atoms. The highest BCUT2D eigenvalue weighted by Gasteiger charge is 2.19. The van der Waals surface area contributed by atoms with Crippen molar-refractivity contribution in [2.45, 2.75) is 13.0 Å². The van der Waals surface area contributed by atoms with Crippen LogP contribution >= 0.6 is 22.9 Å². The maximum Gasteiger partial charge on any atom is 0.281 e. The number of hydrogen-bond acceptors (Lipinski definition) is 4. The molecule has 0 saturated heterocycles. The molecule has 0 aliphatic rings. The monoisotopic (exact) mass is 392 g/mol. The first-order chi connectivity index (χ1) is 12.5. The van der Waals surface area contributed by atoms with Crippen LogP contribution in [0.25, 0.3) is 10.1 Å². The summed E-state index contributed by atoms with van der Waals surface area (Å²) in [6.45, 7) is 1.51. The number of nitrogens with one attached hydrogen (secondary N) is 2. The fourth-order valence-electron chi connectivity index (χ4n) is 2.21. The zero-order valence-corrected chi connectivity index (χ0v) is 15.2. The summed E-state index contributed by atoms with van der Waals surface area (Å²) in [5.41, 5.74) is 4.62. The molecule has 8 heteroatoms. The van der Waals surface area contributed by atoms with Crippen LogP contribution in [-0.4, -0.2) is 17.9 Å². The molecule has 2 N–H and O–H groups in total. The number of halogens is 2. The van der Waals surface area contributed by atoms with Crippen molar-refractivity contribution in [3.05, 3.63) is 64.2 Å². The van der Waals surface area contributed by atoms with Gasteiger partial charge in [0.1, 0.15) is 16.4 Å². The first-order valence-electron chi connectivity index (χ1n) is 7.65. The smallest absolute Gasteiger partial charge is 0.281 e. The molecule has 0 fully saturated rings.